The van der Waals surface area contributed by atoms with Crippen molar-refractivity contribution in [2.75, 3.05) is 0 Å². The normalized spacial score (nSPS) is 12.0. The van der Waals surface area contributed by atoms with Crippen LogP contribution in [0.3, 0.4) is 0 Å². The Kier molecular flexibility index (Phi) is 9.31. The number of hydrogen-bond acceptors (Lipinski definition) is 1. The molecule has 0 nitrogen and oxygen atoms in total. The van der Waals surface area contributed by atoms with Gasteiger partial charge in [-0.05, 0) is 30.4 Å². The molecule has 0 atom stereocenters. The van der Waals surface area contributed by atoms with E-state index in [1.165, 1.54) is 75.5 Å². The van der Waals surface area contributed by atoms with E-state index < -0.39 is 0 Å². The summed E-state index contributed by atoms with van der Waals surface area (Å²) in [7, 11) is 0. The Morgan fingerprint density at radius 1 is 0.762 bits per heavy atom. The van der Waals surface area contributed by atoms with E-state index in [0.717, 1.165) is 0 Å². The van der Waals surface area contributed by atoms with E-state index in [9.17, 15) is 0 Å². The molecule has 1 aromatic rings. The van der Waals surface area contributed by atoms with Crippen molar-refractivity contribution >= 4 is 11.3 Å². The molecule has 0 amide bonds. The van der Waals surface area contributed by atoms with Crippen molar-refractivity contribution in [1.82, 2.24) is 0 Å². The summed E-state index contributed by atoms with van der Waals surface area (Å²) >= 11 is 2.02. The first-order valence-electron chi connectivity index (χ1n) is 9.13. The molecule has 1 aromatic heterocycles. The van der Waals surface area contributed by atoms with E-state index in [-0.39, 0.29) is 0 Å². The minimum atomic E-state index is 0.320. The fourth-order valence-corrected chi connectivity index (χ4v) is 3.81. The van der Waals surface area contributed by atoms with Gasteiger partial charge in [-0.3, -0.25) is 0 Å². The molecule has 0 N–H and O–H groups in total. The zero-order valence-corrected chi connectivity index (χ0v) is 15.7. The Labute approximate surface area is 137 Å². The van der Waals surface area contributed by atoms with Crippen LogP contribution in [0.15, 0.2) is 12.1 Å². The standard InChI is InChI=1S/C20H36S/c1-5-6-7-8-9-10-11-12-13-14-15-18-16-17-19(21-18)20(2,3)4/h16-17H,5-15H2,1-4H3. The lowest BCUT2D eigenvalue weighted by Gasteiger charge is -2.15. The molecule has 0 bridgehead atoms. The predicted octanol–water partition coefficient (Wildman–Crippen LogP) is 7.51. The largest absolute Gasteiger partial charge is 0.145 e. The van der Waals surface area contributed by atoms with E-state index in [1.54, 1.807) is 4.88 Å². The van der Waals surface area contributed by atoms with Gasteiger partial charge in [-0.15, -0.1) is 11.3 Å². The van der Waals surface area contributed by atoms with E-state index >= 15 is 0 Å². The minimum absolute atomic E-state index is 0.320. The molecule has 0 saturated heterocycles. The first-order chi connectivity index (χ1) is 10.0. The van der Waals surface area contributed by atoms with Crippen molar-refractivity contribution in [3.05, 3.63) is 21.9 Å². The third kappa shape index (κ3) is 8.66. The lowest BCUT2D eigenvalue weighted by Crippen LogP contribution is -2.07. The van der Waals surface area contributed by atoms with Crippen molar-refractivity contribution in [2.45, 2.75) is 104 Å². The highest BCUT2D eigenvalue weighted by Gasteiger charge is 2.15. The molecule has 0 radical (unpaired) electrons. The Morgan fingerprint density at radius 2 is 1.29 bits per heavy atom. The van der Waals surface area contributed by atoms with Crippen molar-refractivity contribution < 1.29 is 0 Å². The maximum Gasteiger partial charge on any atom is 0.0102 e. The second kappa shape index (κ2) is 10.4. The highest BCUT2D eigenvalue weighted by atomic mass is 32.1. The minimum Gasteiger partial charge on any atom is -0.145 e. The third-order valence-electron chi connectivity index (χ3n) is 4.18. The van der Waals surface area contributed by atoms with Crippen LogP contribution in [0.2, 0.25) is 0 Å². The lowest BCUT2D eigenvalue weighted by atomic mass is 9.95. The molecule has 1 heterocycles. The van der Waals surface area contributed by atoms with Crippen LogP contribution in [0.1, 0.15) is 102 Å². The van der Waals surface area contributed by atoms with Gasteiger partial charge in [-0.25, -0.2) is 0 Å². The highest BCUT2D eigenvalue weighted by molar-refractivity contribution is 7.12. The number of rotatable bonds is 11. The van der Waals surface area contributed by atoms with Gasteiger partial charge < -0.3 is 0 Å². The number of hydrogen-bond donors (Lipinski definition) is 0. The average molecular weight is 309 g/mol. The summed E-state index contributed by atoms with van der Waals surface area (Å²) in [4.78, 5) is 3.11. The van der Waals surface area contributed by atoms with Gasteiger partial charge in [0.15, 0.2) is 0 Å². The van der Waals surface area contributed by atoms with Crippen molar-refractivity contribution in [3.63, 3.8) is 0 Å². The summed E-state index contributed by atoms with van der Waals surface area (Å²) in [6, 6.07) is 4.68. The number of unbranched alkanes of at least 4 members (excludes halogenated alkanes) is 9. The summed E-state index contributed by atoms with van der Waals surface area (Å²) in [6.07, 6.45) is 15.6. The fourth-order valence-electron chi connectivity index (χ4n) is 2.70. The van der Waals surface area contributed by atoms with Gasteiger partial charge in [0, 0.05) is 9.75 Å². The van der Waals surface area contributed by atoms with E-state index in [1.807, 2.05) is 11.3 Å². The highest BCUT2D eigenvalue weighted by Crippen LogP contribution is 2.30. The second-order valence-electron chi connectivity index (χ2n) is 7.45. The molecular weight excluding hydrogens is 272 g/mol. The Bertz CT molecular complexity index is 356. The molecule has 0 aliphatic rings. The molecule has 0 saturated carbocycles. The molecule has 1 rings (SSSR count). The fraction of sp³-hybridized carbons (Fsp3) is 0.800. The summed E-state index contributed by atoms with van der Waals surface area (Å²) in [5.41, 5.74) is 0.320. The van der Waals surface area contributed by atoms with Crippen LogP contribution >= 0.6 is 11.3 Å². The number of thiophene rings is 1. The Balaban J connectivity index is 1.98. The Morgan fingerprint density at radius 3 is 1.76 bits per heavy atom. The zero-order valence-electron chi connectivity index (χ0n) is 14.8. The molecule has 1 heteroatoms. The molecule has 0 aliphatic heterocycles. The summed E-state index contributed by atoms with van der Waals surface area (Å²) in [5, 5.41) is 0. The zero-order chi connectivity index (χ0) is 15.6. The smallest absolute Gasteiger partial charge is 0.0102 e. The molecule has 0 unspecified atom stereocenters. The first kappa shape index (κ1) is 18.7. The second-order valence-corrected chi connectivity index (χ2v) is 8.62. The summed E-state index contributed by atoms with van der Waals surface area (Å²) < 4.78 is 0. The van der Waals surface area contributed by atoms with Crippen LogP contribution in [0.4, 0.5) is 0 Å². The lowest BCUT2D eigenvalue weighted by molar-refractivity contribution is 0.557. The van der Waals surface area contributed by atoms with E-state index in [0.29, 0.717) is 5.41 Å². The van der Waals surface area contributed by atoms with Crippen LogP contribution < -0.4 is 0 Å². The van der Waals surface area contributed by atoms with E-state index in [2.05, 4.69) is 39.8 Å². The van der Waals surface area contributed by atoms with Gasteiger partial charge >= 0.3 is 0 Å². The topological polar surface area (TPSA) is 0 Å². The van der Waals surface area contributed by atoms with Gasteiger partial charge in [0.1, 0.15) is 0 Å². The summed E-state index contributed by atoms with van der Waals surface area (Å²) in [6.45, 7) is 9.22. The maximum absolute atomic E-state index is 2.35. The van der Waals surface area contributed by atoms with Crippen molar-refractivity contribution in [2.24, 2.45) is 0 Å². The SMILES string of the molecule is CCCCCCCCCCCCc1ccc(C(C)(C)C)s1. The first-order valence-corrected chi connectivity index (χ1v) is 9.95. The summed E-state index contributed by atoms with van der Waals surface area (Å²) in [5.74, 6) is 0. The quantitative estimate of drug-likeness (QED) is 0.371. The van der Waals surface area contributed by atoms with Gasteiger partial charge in [-0.2, -0.15) is 0 Å². The van der Waals surface area contributed by atoms with Crippen LogP contribution in [0.5, 0.6) is 0 Å². The van der Waals surface area contributed by atoms with Crippen LogP contribution in [0, 0.1) is 0 Å². The van der Waals surface area contributed by atoms with Gasteiger partial charge in [0.05, 0.1) is 0 Å². The molecular formula is C20H36S. The van der Waals surface area contributed by atoms with Gasteiger partial charge in [0.25, 0.3) is 0 Å². The predicted molar refractivity (Wildman–Crippen MR) is 98.6 cm³/mol. The van der Waals surface area contributed by atoms with Crippen molar-refractivity contribution in [3.8, 4) is 0 Å². The molecule has 0 aromatic carbocycles. The van der Waals surface area contributed by atoms with Gasteiger partial charge in [-0.1, -0.05) is 85.5 Å². The van der Waals surface area contributed by atoms with Crippen LogP contribution in [-0.2, 0) is 11.8 Å². The maximum atomic E-state index is 2.35. The molecule has 0 aliphatic carbocycles. The third-order valence-corrected chi connectivity index (χ3v) is 5.75. The van der Waals surface area contributed by atoms with Crippen LogP contribution in [-0.4, -0.2) is 0 Å². The monoisotopic (exact) mass is 308 g/mol. The van der Waals surface area contributed by atoms with Crippen molar-refractivity contribution in [1.29, 1.82) is 0 Å². The molecule has 0 spiro atoms. The molecule has 21 heavy (non-hydrogen) atoms. The van der Waals surface area contributed by atoms with Gasteiger partial charge in [0.2, 0.25) is 0 Å². The average Bonchev–Trinajstić information content (AvgIpc) is 2.90. The van der Waals surface area contributed by atoms with E-state index in [4.69, 9.17) is 0 Å². The molecule has 0 fully saturated rings. The Hall–Kier alpha value is -0.300. The molecule has 122 valence electrons. The number of aryl methyl sites for hydroxylation is 1. The van der Waals surface area contributed by atoms with Crippen LogP contribution in [0.25, 0.3) is 0 Å².